The molecule has 5 nitrogen and oxygen atoms in total. The van der Waals surface area contributed by atoms with Gasteiger partial charge >= 0.3 is 0 Å². The molecule has 0 aliphatic heterocycles. The average Bonchev–Trinajstić information content (AvgIpc) is 2.39. The van der Waals surface area contributed by atoms with Crippen molar-refractivity contribution in [3.05, 3.63) is 34.3 Å². The number of nitrogens with zero attached hydrogens (tertiary/aromatic N) is 1. The summed E-state index contributed by atoms with van der Waals surface area (Å²) in [6.07, 6.45) is 1.72. The van der Waals surface area contributed by atoms with Crippen LogP contribution in [0.2, 0.25) is 5.02 Å². The zero-order valence-corrected chi connectivity index (χ0v) is 10.8. The summed E-state index contributed by atoms with van der Waals surface area (Å²) in [5.74, 6) is 0.0411. The summed E-state index contributed by atoms with van der Waals surface area (Å²) in [5.41, 5.74) is 7.01. The van der Waals surface area contributed by atoms with Crippen LogP contribution in [0, 0.1) is 0 Å². The van der Waals surface area contributed by atoms with Gasteiger partial charge < -0.3 is 21.4 Å². The van der Waals surface area contributed by atoms with Crippen LogP contribution in [-0.4, -0.2) is 29.3 Å². The Bertz CT molecular complexity index is 410. The zero-order chi connectivity index (χ0) is 13.4. The second kappa shape index (κ2) is 7.92. The Morgan fingerprint density at radius 2 is 2.17 bits per heavy atom. The first kappa shape index (κ1) is 14.8. The van der Waals surface area contributed by atoms with Gasteiger partial charge in [0.25, 0.3) is 0 Å². The van der Waals surface area contributed by atoms with Crippen LogP contribution < -0.4 is 11.1 Å². The van der Waals surface area contributed by atoms with Gasteiger partial charge in [0.05, 0.1) is 0 Å². The molecule has 5 N–H and O–H groups in total. The van der Waals surface area contributed by atoms with Crippen molar-refractivity contribution in [1.82, 2.24) is 5.32 Å². The second-order valence-corrected chi connectivity index (χ2v) is 4.31. The number of aliphatic hydroxyl groups excluding tert-OH is 1. The Kier molecular flexibility index (Phi) is 6.49. The van der Waals surface area contributed by atoms with Crippen molar-refractivity contribution in [3.63, 3.8) is 0 Å². The fraction of sp³-hybridized carbons (Fsp3) is 0.417. The van der Waals surface area contributed by atoms with E-state index in [2.05, 4.69) is 10.5 Å². The zero-order valence-electron chi connectivity index (χ0n) is 10.1. The van der Waals surface area contributed by atoms with Crippen molar-refractivity contribution < 1.29 is 10.3 Å². The highest BCUT2D eigenvalue weighted by Crippen LogP contribution is 2.17. The average molecular weight is 272 g/mol. The van der Waals surface area contributed by atoms with Gasteiger partial charge in [-0.15, -0.1) is 0 Å². The highest BCUT2D eigenvalue weighted by Gasteiger charge is 2.04. The Morgan fingerprint density at radius 3 is 2.78 bits per heavy atom. The molecule has 100 valence electrons. The van der Waals surface area contributed by atoms with Gasteiger partial charge in [-0.2, -0.15) is 0 Å². The van der Waals surface area contributed by atoms with E-state index < -0.39 is 0 Å². The monoisotopic (exact) mass is 271 g/mol. The highest BCUT2D eigenvalue weighted by molar-refractivity contribution is 6.31. The Morgan fingerprint density at radius 1 is 1.39 bits per heavy atom. The molecular weight excluding hydrogens is 254 g/mol. The molecule has 1 rings (SSSR count). The number of amidine groups is 1. The lowest BCUT2D eigenvalue weighted by molar-refractivity contribution is 0.283. The van der Waals surface area contributed by atoms with Gasteiger partial charge in [-0.05, 0) is 31.0 Å². The molecule has 0 atom stereocenters. The maximum atomic E-state index is 8.64. The van der Waals surface area contributed by atoms with Crippen molar-refractivity contribution in [2.75, 3.05) is 13.2 Å². The molecule has 6 heteroatoms. The number of unbranched alkanes of at least 4 members (excludes halogenated alkanes) is 1. The summed E-state index contributed by atoms with van der Waals surface area (Å²) in [6, 6.07) is 5.27. The van der Waals surface area contributed by atoms with Crippen LogP contribution in [0.4, 0.5) is 0 Å². The van der Waals surface area contributed by atoms with Crippen molar-refractivity contribution >= 4 is 17.4 Å². The summed E-state index contributed by atoms with van der Waals surface area (Å²) < 4.78 is 0. The van der Waals surface area contributed by atoms with Crippen LogP contribution in [-0.2, 0) is 6.54 Å². The van der Waals surface area contributed by atoms with E-state index in [-0.39, 0.29) is 12.4 Å². The lowest BCUT2D eigenvalue weighted by Gasteiger charge is -2.08. The van der Waals surface area contributed by atoms with Crippen molar-refractivity contribution in [3.8, 4) is 0 Å². The first-order valence-electron chi connectivity index (χ1n) is 5.77. The molecule has 0 aliphatic carbocycles. The molecule has 0 fully saturated rings. The molecule has 0 aliphatic rings. The summed E-state index contributed by atoms with van der Waals surface area (Å²) in [7, 11) is 0. The third kappa shape index (κ3) is 4.52. The smallest absolute Gasteiger partial charge is 0.170 e. The lowest BCUT2D eigenvalue weighted by atomic mass is 10.1. The van der Waals surface area contributed by atoms with E-state index in [0.29, 0.717) is 17.1 Å². The first-order valence-corrected chi connectivity index (χ1v) is 6.14. The third-order valence-corrected chi connectivity index (χ3v) is 2.89. The van der Waals surface area contributed by atoms with E-state index in [1.54, 1.807) is 12.1 Å². The first-order chi connectivity index (χ1) is 8.69. The molecule has 1 aromatic carbocycles. The second-order valence-electron chi connectivity index (χ2n) is 3.90. The van der Waals surface area contributed by atoms with Crippen LogP contribution in [0.25, 0.3) is 0 Å². The number of hydrogen-bond acceptors (Lipinski definition) is 4. The molecule has 0 heterocycles. The van der Waals surface area contributed by atoms with Crippen LogP contribution in [0.15, 0.2) is 23.4 Å². The van der Waals surface area contributed by atoms with E-state index in [1.807, 2.05) is 6.07 Å². The number of nitrogens with two attached hydrogens (primary N) is 1. The third-order valence-electron chi connectivity index (χ3n) is 2.53. The van der Waals surface area contributed by atoms with E-state index in [0.717, 1.165) is 24.9 Å². The summed E-state index contributed by atoms with van der Waals surface area (Å²) >= 11 is 6.10. The molecule has 18 heavy (non-hydrogen) atoms. The van der Waals surface area contributed by atoms with Gasteiger partial charge in [-0.1, -0.05) is 28.9 Å². The van der Waals surface area contributed by atoms with E-state index in [4.69, 9.17) is 27.6 Å². The molecule has 0 aromatic heterocycles. The molecule has 0 unspecified atom stereocenters. The fourth-order valence-corrected chi connectivity index (χ4v) is 1.74. The van der Waals surface area contributed by atoms with E-state index in [9.17, 15) is 0 Å². The van der Waals surface area contributed by atoms with Gasteiger partial charge in [0.1, 0.15) is 0 Å². The molecule has 0 saturated carbocycles. The molecule has 0 amide bonds. The Hall–Kier alpha value is -1.30. The van der Waals surface area contributed by atoms with Crippen LogP contribution >= 0.6 is 11.6 Å². The summed E-state index contributed by atoms with van der Waals surface area (Å²) in [4.78, 5) is 0. The quantitative estimate of drug-likeness (QED) is 0.198. The predicted octanol–water partition coefficient (Wildman–Crippen LogP) is 1.30. The van der Waals surface area contributed by atoms with E-state index >= 15 is 0 Å². The van der Waals surface area contributed by atoms with Gasteiger partial charge in [0, 0.05) is 23.7 Å². The Labute approximate surface area is 111 Å². The van der Waals surface area contributed by atoms with Gasteiger partial charge in [-0.3, -0.25) is 0 Å². The lowest BCUT2D eigenvalue weighted by Crippen LogP contribution is -2.16. The number of aliphatic hydroxyl groups is 1. The van der Waals surface area contributed by atoms with Crippen molar-refractivity contribution in [2.45, 2.75) is 19.4 Å². The number of oxime groups is 1. The standard InChI is InChI=1S/C12H18ClN3O2/c13-11-7-9(12(14)16-18)3-4-10(11)8-15-5-1-2-6-17/h3-4,7,15,17-18H,1-2,5-6,8H2,(H2,14,16). The number of rotatable bonds is 7. The number of halogens is 1. The summed E-state index contributed by atoms with van der Waals surface area (Å²) in [6.45, 7) is 1.70. The molecule has 1 aromatic rings. The Balaban J connectivity index is 2.52. The number of hydrogen-bond donors (Lipinski definition) is 4. The maximum Gasteiger partial charge on any atom is 0.170 e. The molecule has 0 spiro atoms. The predicted molar refractivity (Wildman–Crippen MR) is 72.0 cm³/mol. The largest absolute Gasteiger partial charge is 0.409 e. The fourth-order valence-electron chi connectivity index (χ4n) is 1.49. The van der Waals surface area contributed by atoms with Crippen LogP contribution in [0.5, 0.6) is 0 Å². The van der Waals surface area contributed by atoms with Gasteiger partial charge in [-0.25, -0.2) is 0 Å². The van der Waals surface area contributed by atoms with Gasteiger partial charge in [0.2, 0.25) is 0 Å². The summed E-state index contributed by atoms with van der Waals surface area (Å²) in [5, 5.41) is 23.9. The molecule has 0 saturated heterocycles. The highest BCUT2D eigenvalue weighted by atomic mass is 35.5. The van der Waals surface area contributed by atoms with E-state index in [1.165, 1.54) is 0 Å². The molecule has 0 radical (unpaired) electrons. The minimum absolute atomic E-state index is 0.0411. The minimum Gasteiger partial charge on any atom is -0.409 e. The normalized spacial score (nSPS) is 11.8. The molecule has 0 bridgehead atoms. The SMILES string of the molecule is N/C(=N/O)c1ccc(CNCCCCO)c(Cl)c1. The van der Waals surface area contributed by atoms with Crippen LogP contribution in [0.1, 0.15) is 24.0 Å². The number of benzene rings is 1. The minimum atomic E-state index is 0.0411. The van der Waals surface area contributed by atoms with Crippen molar-refractivity contribution in [2.24, 2.45) is 10.9 Å². The maximum absolute atomic E-state index is 8.64. The van der Waals surface area contributed by atoms with Gasteiger partial charge in [0.15, 0.2) is 5.84 Å². The molecular formula is C12H18ClN3O2. The topological polar surface area (TPSA) is 90.9 Å². The number of nitrogens with one attached hydrogen (secondary N) is 1. The van der Waals surface area contributed by atoms with Crippen LogP contribution in [0.3, 0.4) is 0 Å². The van der Waals surface area contributed by atoms with Crippen molar-refractivity contribution in [1.29, 1.82) is 0 Å².